The van der Waals surface area contributed by atoms with Gasteiger partial charge in [0.2, 0.25) is 0 Å². The Labute approximate surface area is 116 Å². The Morgan fingerprint density at radius 2 is 2.16 bits per heavy atom. The number of nitrogens with zero attached hydrogens (tertiary/aromatic N) is 1. The average molecular weight is 290 g/mol. The topological polar surface area (TPSA) is 49.8 Å². The summed E-state index contributed by atoms with van der Waals surface area (Å²) in [6.45, 7) is 3.07. The predicted octanol–water partition coefficient (Wildman–Crippen LogP) is 2.09. The summed E-state index contributed by atoms with van der Waals surface area (Å²) >= 11 is 5.78. The quantitative estimate of drug-likeness (QED) is 0.903. The Morgan fingerprint density at radius 3 is 2.68 bits per heavy atom. The van der Waals surface area contributed by atoms with Crippen LogP contribution >= 0.6 is 11.6 Å². The van der Waals surface area contributed by atoms with Crippen LogP contribution in [0.1, 0.15) is 13.8 Å². The summed E-state index contributed by atoms with van der Waals surface area (Å²) in [6, 6.07) is 3.68. The molecule has 0 atom stereocenters. The first kappa shape index (κ1) is 15.7. The number of ether oxygens (including phenoxy) is 1. The van der Waals surface area contributed by atoms with Gasteiger partial charge in [0.05, 0.1) is 17.2 Å². The van der Waals surface area contributed by atoms with Crippen LogP contribution in [0.4, 0.5) is 4.39 Å². The van der Waals surface area contributed by atoms with Gasteiger partial charge in [0.15, 0.2) is 6.61 Å². The van der Waals surface area contributed by atoms with Crippen LogP contribution in [0.2, 0.25) is 5.02 Å². The molecule has 1 rings (SSSR count). The van der Waals surface area contributed by atoms with Gasteiger partial charge in [0.1, 0.15) is 11.6 Å². The number of amides is 1. The van der Waals surface area contributed by atoms with E-state index in [1.165, 1.54) is 17.0 Å². The third-order valence-corrected chi connectivity index (χ3v) is 3.21. The van der Waals surface area contributed by atoms with Crippen molar-refractivity contribution in [2.24, 2.45) is 0 Å². The van der Waals surface area contributed by atoms with Crippen molar-refractivity contribution in [1.82, 2.24) is 4.90 Å². The van der Waals surface area contributed by atoms with Gasteiger partial charge in [-0.25, -0.2) is 4.39 Å². The fourth-order valence-corrected chi connectivity index (χ4v) is 1.49. The van der Waals surface area contributed by atoms with E-state index in [2.05, 4.69) is 0 Å². The van der Waals surface area contributed by atoms with Crippen molar-refractivity contribution in [2.45, 2.75) is 19.4 Å². The molecule has 1 amide bonds. The van der Waals surface area contributed by atoms with Crippen LogP contribution in [0, 0.1) is 5.82 Å². The van der Waals surface area contributed by atoms with E-state index in [1.54, 1.807) is 20.9 Å². The van der Waals surface area contributed by atoms with Crippen molar-refractivity contribution in [3.63, 3.8) is 0 Å². The normalized spacial score (nSPS) is 11.3. The lowest BCUT2D eigenvalue weighted by molar-refractivity contribution is -0.138. The minimum atomic E-state index is -0.674. The van der Waals surface area contributed by atoms with E-state index in [0.717, 1.165) is 6.07 Å². The van der Waals surface area contributed by atoms with Crippen molar-refractivity contribution in [3.8, 4) is 5.75 Å². The summed E-state index contributed by atoms with van der Waals surface area (Å²) in [6.07, 6.45) is 0. The third kappa shape index (κ3) is 4.08. The molecular weight excluding hydrogens is 273 g/mol. The van der Waals surface area contributed by atoms with Crippen LogP contribution in [-0.2, 0) is 4.79 Å². The Morgan fingerprint density at radius 1 is 1.53 bits per heavy atom. The van der Waals surface area contributed by atoms with Gasteiger partial charge in [-0.1, -0.05) is 11.6 Å². The minimum Gasteiger partial charge on any atom is -0.482 e. The largest absolute Gasteiger partial charge is 0.482 e. The van der Waals surface area contributed by atoms with E-state index >= 15 is 0 Å². The minimum absolute atomic E-state index is 0.108. The van der Waals surface area contributed by atoms with E-state index in [0.29, 0.717) is 0 Å². The van der Waals surface area contributed by atoms with Crippen LogP contribution in [0.5, 0.6) is 5.75 Å². The molecular formula is C13H17ClFNO3. The lowest BCUT2D eigenvalue weighted by Crippen LogP contribution is -2.49. The molecule has 1 aromatic rings. The molecule has 0 aliphatic rings. The van der Waals surface area contributed by atoms with Crippen LogP contribution in [-0.4, -0.2) is 41.7 Å². The summed E-state index contributed by atoms with van der Waals surface area (Å²) in [5, 5.41) is 9.28. The Kier molecular flexibility index (Phi) is 5.14. The number of benzene rings is 1. The summed E-state index contributed by atoms with van der Waals surface area (Å²) in [5.74, 6) is -0.534. The predicted molar refractivity (Wildman–Crippen MR) is 70.8 cm³/mol. The lowest BCUT2D eigenvalue weighted by Gasteiger charge is -2.33. The van der Waals surface area contributed by atoms with Crippen LogP contribution in [0.15, 0.2) is 18.2 Å². The highest BCUT2D eigenvalue weighted by atomic mass is 35.5. The van der Waals surface area contributed by atoms with E-state index in [9.17, 15) is 14.3 Å². The van der Waals surface area contributed by atoms with Crippen LogP contribution < -0.4 is 4.74 Å². The van der Waals surface area contributed by atoms with E-state index < -0.39 is 11.4 Å². The van der Waals surface area contributed by atoms with Gasteiger partial charge in [-0.2, -0.15) is 0 Å². The van der Waals surface area contributed by atoms with Crippen molar-refractivity contribution >= 4 is 17.5 Å². The lowest BCUT2D eigenvalue weighted by atomic mass is 10.1. The molecule has 0 bridgehead atoms. The monoisotopic (exact) mass is 289 g/mol. The fraction of sp³-hybridized carbons (Fsp3) is 0.462. The second-order valence-corrected chi connectivity index (χ2v) is 5.19. The zero-order valence-electron chi connectivity index (χ0n) is 11.1. The Balaban J connectivity index is 2.64. The summed E-state index contributed by atoms with van der Waals surface area (Å²) in [4.78, 5) is 13.3. The molecule has 1 N–H and O–H groups in total. The zero-order chi connectivity index (χ0) is 14.6. The maximum atomic E-state index is 12.8. The Hall–Kier alpha value is -1.33. The average Bonchev–Trinajstić information content (AvgIpc) is 2.36. The first-order chi connectivity index (χ1) is 8.77. The number of halogens is 2. The number of likely N-dealkylation sites (N-methyl/N-ethyl adjacent to an activating group) is 1. The van der Waals surface area contributed by atoms with Gasteiger partial charge in [0.25, 0.3) is 5.91 Å². The standard InChI is InChI=1S/C13H17ClFNO3/c1-13(2,8-17)16(3)12(18)7-19-11-5-4-9(15)6-10(11)14/h4-6,17H,7-8H2,1-3H3. The molecule has 0 radical (unpaired) electrons. The molecule has 0 saturated carbocycles. The van der Waals surface area contributed by atoms with Gasteiger partial charge >= 0.3 is 0 Å². The molecule has 106 valence electrons. The maximum absolute atomic E-state index is 12.8. The highest BCUT2D eigenvalue weighted by Gasteiger charge is 2.27. The van der Waals surface area contributed by atoms with Crippen molar-refractivity contribution < 1.29 is 19.0 Å². The van der Waals surface area contributed by atoms with E-state index in [4.69, 9.17) is 16.3 Å². The highest BCUT2D eigenvalue weighted by molar-refractivity contribution is 6.32. The SMILES string of the molecule is CN(C(=O)COc1ccc(F)cc1Cl)C(C)(C)CO. The number of rotatable bonds is 5. The van der Waals surface area contributed by atoms with E-state index in [-0.39, 0.29) is 29.9 Å². The molecule has 0 fully saturated rings. The van der Waals surface area contributed by atoms with Gasteiger partial charge in [-0.15, -0.1) is 0 Å². The summed E-state index contributed by atoms with van der Waals surface area (Å²) in [7, 11) is 1.58. The maximum Gasteiger partial charge on any atom is 0.260 e. The third-order valence-electron chi connectivity index (χ3n) is 2.91. The van der Waals surface area contributed by atoms with Gasteiger partial charge in [-0.05, 0) is 32.0 Å². The molecule has 0 aliphatic carbocycles. The number of aliphatic hydroxyl groups is 1. The van der Waals surface area contributed by atoms with Crippen LogP contribution in [0.3, 0.4) is 0 Å². The highest BCUT2D eigenvalue weighted by Crippen LogP contribution is 2.25. The van der Waals surface area contributed by atoms with E-state index in [1.807, 2.05) is 0 Å². The molecule has 0 heterocycles. The molecule has 0 spiro atoms. The number of hydrogen-bond donors (Lipinski definition) is 1. The number of hydrogen-bond acceptors (Lipinski definition) is 3. The summed E-state index contributed by atoms with van der Waals surface area (Å²) in [5.41, 5.74) is -0.674. The van der Waals surface area contributed by atoms with Crippen molar-refractivity contribution in [1.29, 1.82) is 0 Å². The molecule has 0 saturated heterocycles. The zero-order valence-corrected chi connectivity index (χ0v) is 11.9. The van der Waals surface area contributed by atoms with Gasteiger partial charge in [0, 0.05) is 7.05 Å². The number of carbonyl (C=O) groups is 1. The van der Waals surface area contributed by atoms with Gasteiger partial charge in [-0.3, -0.25) is 4.79 Å². The molecule has 6 heteroatoms. The number of carbonyl (C=O) groups excluding carboxylic acids is 1. The molecule has 0 aromatic heterocycles. The molecule has 0 unspecified atom stereocenters. The van der Waals surface area contributed by atoms with Crippen LogP contribution in [0.25, 0.3) is 0 Å². The second-order valence-electron chi connectivity index (χ2n) is 4.79. The Bertz CT molecular complexity index is 465. The second kappa shape index (κ2) is 6.21. The van der Waals surface area contributed by atoms with Gasteiger partial charge < -0.3 is 14.7 Å². The van der Waals surface area contributed by atoms with Crippen molar-refractivity contribution in [3.05, 3.63) is 29.0 Å². The number of aliphatic hydroxyl groups excluding tert-OH is 1. The molecule has 4 nitrogen and oxygen atoms in total. The molecule has 19 heavy (non-hydrogen) atoms. The van der Waals surface area contributed by atoms with Crippen molar-refractivity contribution in [2.75, 3.05) is 20.3 Å². The smallest absolute Gasteiger partial charge is 0.260 e. The molecule has 1 aromatic carbocycles. The molecule has 0 aliphatic heterocycles. The first-order valence-electron chi connectivity index (χ1n) is 5.73. The fourth-order valence-electron chi connectivity index (χ4n) is 1.27. The first-order valence-corrected chi connectivity index (χ1v) is 6.11. The summed E-state index contributed by atoms with van der Waals surface area (Å²) < 4.78 is 18.1.